The van der Waals surface area contributed by atoms with Crippen molar-refractivity contribution >= 4 is 23.2 Å². The molecule has 2 aromatic rings. The van der Waals surface area contributed by atoms with Gasteiger partial charge in [0.25, 0.3) is 0 Å². The van der Waals surface area contributed by atoms with Crippen molar-refractivity contribution in [3.8, 4) is 10.4 Å². The summed E-state index contributed by atoms with van der Waals surface area (Å²) in [6, 6.07) is 6.31. The molecule has 216 valence electrons. The molecule has 39 heavy (non-hydrogen) atoms. The van der Waals surface area contributed by atoms with Crippen LogP contribution < -0.4 is 5.32 Å². The van der Waals surface area contributed by atoms with Crippen LogP contribution in [-0.4, -0.2) is 57.2 Å². The van der Waals surface area contributed by atoms with Crippen molar-refractivity contribution in [2.75, 3.05) is 13.2 Å². The summed E-state index contributed by atoms with van der Waals surface area (Å²) in [5.74, 6) is -0.427. The third kappa shape index (κ3) is 7.08. The number of aliphatic hydroxyl groups excluding tert-OH is 2. The Morgan fingerprint density at radius 3 is 2.18 bits per heavy atom. The first-order valence-electron chi connectivity index (χ1n) is 14.0. The highest BCUT2D eigenvalue weighted by Gasteiger charge is 2.49. The highest BCUT2D eigenvalue weighted by molar-refractivity contribution is 7.13. The van der Waals surface area contributed by atoms with Crippen LogP contribution in [-0.2, 0) is 9.59 Å². The quantitative estimate of drug-likeness (QED) is 0.414. The number of nitrogens with one attached hydrogen (secondary N) is 1. The number of aromatic nitrogens is 1. The molecule has 7 nitrogen and oxygen atoms in total. The summed E-state index contributed by atoms with van der Waals surface area (Å²) in [4.78, 5) is 34.8. The first-order valence-corrected chi connectivity index (χ1v) is 14.8. The zero-order chi connectivity index (χ0) is 29.3. The van der Waals surface area contributed by atoms with E-state index in [1.54, 1.807) is 16.2 Å². The predicted octanol–water partition coefficient (Wildman–Crippen LogP) is 5.21. The number of aliphatic hydroxyl groups is 2. The molecule has 0 bridgehead atoms. The second-order valence-electron chi connectivity index (χ2n) is 13.5. The zero-order valence-electron chi connectivity index (χ0n) is 25.0. The fourth-order valence-corrected chi connectivity index (χ4v) is 7.19. The Morgan fingerprint density at radius 1 is 1.10 bits per heavy atom. The zero-order valence-corrected chi connectivity index (χ0v) is 25.8. The molecule has 1 aromatic heterocycles. The predicted molar refractivity (Wildman–Crippen MR) is 157 cm³/mol. The monoisotopic (exact) mass is 557 g/mol. The number of nitrogens with zero attached hydrogens (tertiary/aromatic N) is 2. The number of carbonyl (C=O) groups is 2. The lowest BCUT2D eigenvalue weighted by molar-refractivity contribution is -0.150. The normalized spacial score (nSPS) is 20.7. The number of hydrogen-bond acceptors (Lipinski definition) is 6. The van der Waals surface area contributed by atoms with Gasteiger partial charge in [0.2, 0.25) is 11.8 Å². The maximum atomic E-state index is 14.2. The molecule has 8 heteroatoms. The van der Waals surface area contributed by atoms with E-state index >= 15 is 0 Å². The second-order valence-corrected chi connectivity index (χ2v) is 14.4. The molecule has 1 aliphatic rings. The summed E-state index contributed by atoms with van der Waals surface area (Å²) in [6.45, 7) is 18.9. The fraction of sp³-hybridized carbons (Fsp3) is 0.645. The van der Waals surface area contributed by atoms with Crippen molar-refractivity contribution in [3.05, 3.63) is 41.0 Å². The standard InChI is InChI=1S/C31H47N3O4S/c1-18(2)25(30(4,5)6)26(31(7,8)9)29(38)34-15-22(36)14-24(34)28(37)33-23(16-35)20-10-12-21(13-11-20)27-19(3)32-17-39-27/h10-13,17-18,22-26,35-36H,14-16H2,1-9H3,(H,33,37)/t22-,23+,24+,25?,26-/m1/s1. The van der Waals surface area contributed by atoms with Gasteiger partial charge in [0, 0.05) is 18.9 Å². The first kappa shape index (κ1) is 31.2. The minimum atomic E-state index is -0.793. The van der Waals surface area contributed by atoms with E-state index in [1.165, 1.54) is 0 Å². The van der Waals surface area contributed by atoms with Gasteiger partial charge in [-0.3, -0.25) is 9.59 Å². The van der Waals surface area contributed by atoms with Gasteiger partial charge in [0.15, 0.2) is 0 Å². The lowest BCUT2D eigenvalue weighted by Gasteiger charge is -2.46. The molecule has 2 heterocycles. The Bertz CT molecular complexity index is 1130. The van der Waals surface area contributed by atoms with Gasteiger partial charge in [0.05, 0.1) is 34.8 Å². The number of hydrogen-bond donors (Lipinski definition) is 3. The van der Waals surface area contributed by atoms with Gasteiger partial charge in [-0.25, -0.2) is 4.98 Å². The third-order valence-electron chi connectivity index (χ3n) is 7.96. The van der Waals surface area contributed by atoms with Crippen molar-refractivity contribution in [2.24, 2.45) is 28.6 Å². The summed E-state index contributed by atoms with van der Waals surface area (Å²) in [7, 11) is 0. The largest absolute Gasteiger partial charge is 0.394 e. The molecule has 0 saturated carbocycles. The molecule has 3 rings (SSSR count). The maximum absolute atomic E-state index is 14.2. The maximum Gasteiger partial charge on any atom is 0.243 e. The Morgan fingerprint density at radius 2 is 1.72 bits per heavy atom. The summed E-state index contributed by atoms with van der Waals surface area (Å²) >= 11 is 1.57. The van der Waals surface area contributed by atoms with Gasteiger partial charge >= 0.3 is 0 Å². The van der Waals surface area contributed by atoms with E-state index in [0.29, 0.717) is 0 Å². The average Bonchev–Trinajstić information content (AvgIpc) is 3.44. The number of likely N-dealkylation sites (tertiary alicyclic amines) is 1. The average molecular weight is 558 g/mol. The van der Waals surface area contributed by atoms with Crippen LogP contribution in [0.25, 0.3) is 10.4 Å². The highest BCUT2D eigenvalue weighted by Crippen LogP contribution is 2.46. The Hall–Kier alpha value is -2.29. The number of benzene rings is 1. The van der Waals surface area contributed by atoms with Gasteiger partial charge in [-0.2, -0.15) is 0 Å². The van der Waals surface area contributed by atoms with E-state index in [2.05, 4.69) is 65.7 Å². The molecule has 0 spiro atoms. The topological polar surface area (TPSA) is 103 Å². The van der Waals surface area contributed by atoms with Crippen molar-refractivity contribution in [1.82, 2.24) is 15.2 Å². The highest BCUT2D eigenvalue weighted by atomic mass is 32.1. The molecule has 5 atom stereocenters. The molecule has 3 N–H and O–H groups in total. The molecule has 0 radical (unpaired) electrons. The van der Waals surface area contributed by atoms with Crippen molar-refractivity contribution in [1.29, 1.82) is 0 Å². The number of amides is 2. The van der Waals surface area contributed by atoms with Crippen LogP contribution in [0.2, 0.25) is 0 Å². The Balaban J connectivity index is 1.84. The smallest absolute Gasteiger partial charge is 0.243 e. The third-order valence-corrected chi connectivity index (χ3v) is 8.94. The molecular weight excluding hydrogens is 510 g/mol. The molecule has 2 amide bonds. The van der Waals surface area contributed by atoms with Crippen LogP contribution in [0.3, 0.4) is 0 Å². The van der Waals surface area contributed by atoms with Gasteiger partial charge in [-0.15, -0.1) is 11.3 Å². The van der Waals surface area contributed by atoms with Crippen LogP contribution in [0.4, 0.5) is 0 Å². The molecule has 1 aromatic carbocycles. The number of aryl methyl sites for hydroxylation is 1. The van der Waals surface area contributed by atoms with Gasteiger partial charge in [0.1, 0.15) is 6.04 Å². The minimum absolute atomic E-state index is 0.0809. The van der Waals surface area contributed by atoms with Crippen LogP contribution in [0.15, 0.2) is 29.8 Å². The van der Waals surface area contributed by atoms with Crippen LogP contribution in [0.1, 0.15) is 79.1 Å². The van der Waals surface area contributed by atoms with Gasteiger partial charge in [-0.05, 0) is 40.7 Å². The Labute approximate surface area is 238 Å². The SMILES string of the molecule is Cc1ncsc1-c1ccc([C@H](CO)NC(=O)[C@@H]2C[C@@H](O)CN2C(=O)[C@@H](C(C(C)C)C(C)(C)C)C(C)(C)C)cc1. The fourth-order valence-electron chi connectivity index (χ4n) is 6.38. The van der Waals surface area contributed by atoms with Crippen molar-refractivity contribution in [3.63, 3.8) is 0 Å². The Kier molecular flexibility index (Phi) is 9.67. The molecule has 0 aliphatic carbocycles. The number of thiazole rings is 1. The number of rotatable bonds is 8. The minimum Gasteiger partial charge on any atom is -0.394 e. The number of β-amino-alcohol motifs (C(OH)–C–C–N with tert-alkyl or cyclic N) is 1. The van der Waals surface area contributed by atoms with Crippen LogP contribution >= 0.6 is 11.3 Å². The van der Waals surface area contributed by atoms with E-state index < -0.39 is 18.2 Å². The molecule has 1 aliphatic heterocycles. The van der Waals surface area contributed by atoms with Gasteiger partial charge < -0.3 is 20.4 Å². The van der Waals surface area contributed by atoms with E-state index in [-0.39, 0.29) is 60.0 Å². The van der Waals surface area contributed by atoms with E-state index in [1.807, 2.05) is 36.7 Å². The van der Waals surface area contributed by atoms with Crippen molar-refractivity contribution < 1.29 is 19.8 Å². The molecule has 1 unspecified atom stereocenters. The van der Waals surface area contributed by atoms with E-state index in [9.17, 15) is 19.8 Å². The lowest BCUT2D eigenvalue weighted by atomic mass is 9.60. The lowest BCUT2D eigenvalue weighted by Crippen LogP contribution is -2.54. The summed E-state index contributed by atoms with van der Waals surface area (Å²) < 4.78 is 0. The number of carbonyl (C=O) groups excluding carboxylic acids is 2. The van der Waals surface area contributed by atoms with E-state index in [4.69, 9.17) is 0 Å². The van der Waals surface area contributed by atoms with Crippen molar-refractivity contribution in [2.45, 2.75) is 86.9 Å². The summed E-state index contributed by atoms with van der Waals surface area (Å²) in [6.07, 6.45) is -0.593. The summed E-state index contributed by atoms with van der Waals surface area (Å²) in [5, 5.41) is 23.7. The summed E-state index contributed by atoms with van der Waals surface area (Å²) in [5.41, 5.74) is 4.12. The molecule has 1 fully saturated rings. The molecular formula is C31H47N3O4S. The van der Waals surface area contributed by atoms with Gasteiger partial charge in [-0.1, -0.05) is 79.7 Å². The second kappa shape index (κ2) is 12.1. The van der Waals surface area contributed by atoms with Crippen LogP contribution in [0.5, 0.6) is 0 Å². The van der Waals surface area contributed by atoms with Crippen LogP contribution in [0, 0.1) is 35.5 Å². The van der Waals surface area contributed by atoms with E-state index in [0.717, 1.165) is 21.7 Å². The first-order chi connectivity index (χ1) is 18.1. The molecule has 1 saturated heterocycles.